The molecule has 0 aliphatic carbocycles. The molecular weight excluding hydrogens is 263 g/mol. The minimum atomic E-state index is -0.781. The monoisotopic (exact) mass is 280 g/mol. The molecule has 5 nitrogen and oxygen atoms in total. The van der Waals surface area contributed by atoms with Gasteiger partial charge in [0.1, 0.15) is 17.6 Å². The van der Waals surface area contributed by atoms with Gasteiger partial charge < -0.3 is 15.3 Å². The topological polar surface area (TPSA) is 69.6 Å². The molecule has 1 aromatic carbocycles. The van der Waals surface area contributed by atoms with E-state index < -0.39 is 17.8 Å². The average molecular weight is 280 g/mol. The minimum absolute atomic E-state index is 0.126. The van der Waals surface area contributed by atoms with Gasteiger partial charge in [0, 0.05) is 19.7 Å². The minimum Gasteiger partial charge on any atom is -0.508 e. The quantitative estimate of drug-likeness (QED) is 0.857. The second kappa shape index (κ2) is 5.90. The number of nitrogens with one attached hydrogen (secondary N) is 1. The van der Waals surface area contributed by atoms with Crippen molar-refractivity contribution in [1.82, 2.24) is 10.2 Å². The first-order chi connectivity index (χ1) is 9.54. The van der Waals surface area contributed by atoms with E-state index in [1.54, 1.807) is 0 Å². The third-order valence-corrected chi connectivity index (χ3v) is 3.50. The molecule has 2 rings (SSSR count). The number of aromatic hydroxyl groups is 1. The summed E-state index contributed by atoms with van der Waals surface area (Å²) < 4.78 is 13.8. The molecule has 1 saturated heterocycles. The maximum atomic E-state index is 13.8. The van der Waals surface area contributed by atoms with Gasteiger partial charge in [-0.15, -0.1) is 0 Å². The highest BCUT2D eigenvalue weighted by atomic mass is 19.1. The van der Waals surface area contributed by atoms with Crippen molar-refractivity contribution in [2.75, 3.05) is 13.6 Å². The van der Waals surface area contributed by atoms with Crippen LogP contribution in [0.3, 0.4) is 0 Å². The van der Waals surface area contributed by atoms with E-state index in [0.717, 1.165) is 18.9 Å². The van der Waals surface area contributed by atoms with Crippen molar-refractivity contribution in [3.8, 4) is 5.75 Å². The third kappa shape index (κ3) is 2.74. The molecule has 1 heterocycles. The Morgan fingerprint density at radius 3 is 2.80 bits per heavy atom. The van der Waals surface area contributed by atoms with Crippen molar-refractivity contribution in [2.45, 2.75) is 25.3 Å². The van der Waals surface area contributed by atoms with Crippen LogP contribution in [0.1, 0.15) is 29.6 Å². The highest BCUT2D eigenvalue weighted by molar-refractivity contribution is 5.98. The number of carbonyl (C=O) groups is 2. The van der Waals surface area contributed by atoms with Gasteiger partial charge in [0.15, 0.2) is 0 Å². The number of halogens is 1. The second-order valence-corrected chi connectivity index (χ2v) is 4.79. The number of carbonyl (C=O) groups excluding carboxylic acids is 2. The van der Waals surface area contributed by atoms with Crippen molar-refractivity contribution >= 4 is 11.8 Å². The van der Waals surface area contributed by atoms with Crippen LogP contribution in [0.5, 0.6) is 5.75 Å². The molecule has 1 fully saturated rings. The second-order valence-electron chi connectivity index (χ2n) is 4.79. The maximum absolute atomic E-state index is 13.8. The van der Waals surface area contributed by atoms with Crippen LogP contribution in [-0.2, 0) is 4.79 Å². The number of benzene rings is 1. The van der Waals surface area contributed by atoms with Gasteiger partial charge in [0.05, 0.1) is 5.56 Å². The zero-order valence-electron chi connectivity index (χ0n) is 11.2. The molecule has 1 aliphatic heterocycles. The van der Waals surface area contributed by atoms with E-state index in [0.29, 0.717) is 13.0 Å². The molecule has 2 N–H and O–H groups in total. The predicted octanol–water partition coefficient (Wildman–Crippen LogP) is 1.27. The number of likely N-dealkylation sites (tertiary alicyclic amines) is 1. The molecule has 1 unspecified atom stereocenters. The van der Waals surface area contributed by atoms with Crippen LogP contribution in [0.25, 0.3) is 0 Å². The molecule has 6 heteroatoms. The Bertz CT molecular complexity index is 533. The Labute approximate surface area is 116 Å². The lowest BCUT2D eigenvalue weighted by Crippen LogP contribution is -2.51. The standard InChI is InChI=1S/C14H17FN2O3/c1-16-13(19)12-4-2-3-7-17(12)14(20)10-6-5-9(18)8-11(10)15/h5-6,8,12,18H,2-4,7H2,1H3,(H,16,19). The Balaban J connectivity index is 2.27. The fourth-order valence-electron chi connectivity index (χ4n) is 2.45. The first kappa shape index (κ1) is 14.3. The summed E-state index contributed by atoms with van der Waals surface area (Å²) in [6.45, 7) is 0.428. The van der Waals surface area contributed by atoms with Crippen molar-refractivity contribution in [3.63, 3.8) is 0 Å². The fourth-order valence-corrected chi connectivity index (χ4v) is 2.45. The van der Waals surface area contributed by atoms with E-state index in [4.69, 9.17) is 0 Å². The van der Waals surface area contributed by atoms with Crippen LogP contribution in [-0.4, -0.2) is 41.5 Å². The molecule has 0 bridgehead atoms. The van der Waals surface area contributed by atoms with E-state index in [1.807, 2.05) is 0 Å². The molecule has 1 aliphatic rings. The first-order valence-electron chi connectivity index (χ1n) is 6.55. The molecule has 0 radical (unpaired) electrons. The molecule has 0 spiro atoms. The zero-order chi connectivity index (χ0) is 14.7. The number of hydrogen-bond acceptors (Lipinski definition) is 3. The van der Waals surface area contributed by atoms with E-state index in [1.165, 1.54) is 24.1 Å². The predicted molar refractivity (Wildman–Crippen MR) is 70.8 cm³/mol. The van der Waals surface area contributed by atoms with Crippen molar-refractivity contribution < 1.29 is 19.1 Å². The first-order valence-corrected chi connectivity index (χ1v) is 6.55. The summed E-state index contributed by atoms with van der Waals surface area (Å²) in [5, 5.41) is 11.7. The van der Waals surface area contributed by atoms with Gasteiger partial charge in [-0.25, -0.2) is 4.39 Å². The highest BCUT2D eigenvalue weighted by Gasteiger charge is 2.33. The maximum Gasteiger partial charge on any atom is 0.257 e. The number of likely N-dealkylation sites (N-methyl/N-ethyl adjacent to an activating group) is 1. The fraction of sp³-hybridized carbons (Fsp3) is 0.429. The van der Waals surface area contributed by atoms with E-state index in [-0.39, 0.29) is 17.2 Å². The summed E-state index contributed by atoms with van der Waals surface area (Å²) in [7, 11) is 1.51. The van der Waals surface area contributed by atoms with Crippen LogP contribution >= 0.6 is 0 Å². The number of nitrogens with zero attached hydrogens (tertiary/aromatic N) is 1. The summed E-state index contributed by atoms with van der Waals surface area (Å²) in [4.78, 5) is 25.6. The number of phenolic OH excluding ortho intramolecular Hbond substituents is 1. The van der Waals surface area contributed by atoms with Crippen molar-refractivity contribution in [1.29, 1.82) is 0 Å². The van der Waals surface area contributed by atoms with Crippen LogP contribution < -0.4 is 5.32 Å². The van der Waals surface area contributed by atoms with Crippen molar-refractivity contribution in [2.24, 2.45) is 0 Å². The molecular formula is C14H17FN2O3. The Hall–Kier alpha value is -2.11. The normalized spacial score (nSPS) is 18.7. The summed E-state index contributed by atoms with van der Waals surface area (Å²) in [6.07, 6.45) is 2.23. The molecule has 0 saturated carbocycles. The zero-order valence-corrected chi connectivity index (χ0v) is 11.2. The van der Waals surface area contributed by atoms with Gasteiger partial charge in [0.25, 0.3) is 5.91 Å². The third-order valence-electron chi connectivity index (χ3n) is 3.50. The van der Waals surface area contributed by atoms with Crippen LogP contribution in [0.4, 0.5) is 4.39 Å². The summed E-state index contributed by atoms with van der Waals surface area (Å²) in [5.41, 5.74) is -0.126. The number of piperidine rings is 1. The number of rotatable bonds is 2. The number of amides is 2. The average Bonchev–Trinajstić information content (AvgIpc) is 2.46. The Morgan fingerprint density at radius 2 is 2.15 bits per heavy atom. The van der Waals surface area contributed by atoms with Crippen molar-refractivity contribution in [3.05, 3.63) is 29.6 Å². The van der Waals surface area contributed by atoms with Gasteiger partial charge in [-0.3, -0.25) is 9.59 Å². The number of phenols is 1. The lowest BCUT2D eigenvalue weighted by atomic mass is 10.00. The molecule has 1 atom stereocenters. The lowest BCUT2D eigenvalue weighted by Gasteiger charge is -2.34. The van der Waals surface area contributed by atoms with E-state index in [2.05, 4.69) is 5.32 Å². The van der Waals surface area contributed by atoms with Gasteiger partial charge in [0.2, 0.25) is 5.91 Å². The SMILES string of the molecule is CNC(=O)C1CCCCN1C(=O)c1ccc(O)cc1F. The van der Waals surface area contributed by atoms with Crippen LogP contribution in [0.15, 0.2) is 18.2 Å². The highest BCUT2D eigenvalue weighted by Crippen LogP contribution is 2.22. The molecule has 108 valence electrons. The summed E-state index contributed by atoms with van der Waals surface area (Å²) in [6, 6.07) is 2.83. The summed E-state index contributed by atoms with van der Waals surface area (Å²) >= 11 is 0. The van der Waals surface area contributed by atoms with Gasteiger partial charge in [-0.1, -0.05) is 0 Å². The van der Waals surface area contributed by atoms with Gasteiger partial charge in [-0.05, 0) is 31.4 Å². The molecule has 0 aromatic heterocycles. The molecule has 1 aromatic rings. The van der Waals surface area contributed by atoms with E-state index >= 15 is 0 Å². The Morgan fingerprint density at radius 1 is 1.40 bits per heavy atom. The van der Waals surface area contributed by atoms with Crippen LogP contribution in [0.2, 0.25) is 0 Å². The van der Waals surface area contributed by atoms with Crippen LogP contribution in [0, 0.1) is 5.82 Å². The summed E-state index contributed by atoms with van der Waals surface area (Å²) in [5.74, 6) is -1.77. The molecule has 2 amide bonds. The molecule has 20 heavy (non-hydrogen) atoms. The van der Waals surface area contributed by atoms with Gasteiger partial charge in [-0.2, -0.15) is 0 Å². The smallest absolute Gasteiger partial charge is 0.257 e. The van der Waals surface area contributed by atoms with Gasteiger partial charge >= 0.3 is 0 Å². The van der Waals surface area contributed by atoms with E-state index in [9.17, 15) is 19.1 Å². The largest absolute Gasteiger partial charge is 0.508 e. The Kier molecular flexibility index (Phi) is 4.22. The number of hydrogen-bond donors (Lipinski definition) is 2. The lowest BCUT2D eigenvalue weighted by molar-refractivity contribution is -0.126.